The van der Waals surface area contributed by atoms with Gasteiger partial charge in [-0.25, -0.2) is 4.98 Å². The molecule has 2 aromatic rings. The van der Waals surface area contributed by atoms with Gasteiger partial charge in [0, 0.05) is 24.5 Å². The van der Waals surface area contributed by atoms with Gasteiger partial charge in [0.15, 0.2) is 0 Å². The Kier molecular flexibility index (Phi) is 3.99. The van der Waals surface area contributed by atoms with Crippen molar-refractivity contribution in [3.8, 4) is 0 Å². The second-order valence-corrected chi connectivity index (χ2v) is 4.84. The molecule has 1 unspecified atom stereocenters. The highest BCUT2D eigenvalue weighted by Gasteiger charge is 2.14. The summed E-state index contributed by atoms with van der Waals surface area (Å²) in [5.41, 5.74) is 2.33. The molecule has 0 amide bonds. The standard InChI is InChI=1S/C13H17ClN4/c1-9-4-10(6-11(14)5-9)12(15-2)7-13-16-8-17-18(13)3/h4-6,8,12,15H,7H2,1-3H3. The van der Waals surface area contributed by atoms with E-state index in [4.69, 9.17) is 11.6 Å². The molecule has 0 aliphatic heterocycles. The highest BCUT2D eigenvalue weighted by Crippen LogP contribution is 2.22. The molecule has 18 heavy (non-hydrogen) atoms. The molecule has 1 heterocycles. The molecular weight excluding hydrogens is 248 g/mol. The maximum atomic E-state index is 6.10. The Hall–Kier alpha value is -1.39. The van der Waals surface area contributed by atoms with Gasteiger partial charge < -0.3 is 5.32 Å². The van der Waals surface area contributed by atoms with Gasteiger partial charge in [0.2, 0.25) is 0 Å². The van der Waals surface area contributed by atoms with Crippen molar-refractivity contribution in [2.45, 2.75) is 19.4 Å². The van der Waals surface area contributed by atoms with E-state index in [1.165, 1.54) is 5.56 Å². The summed E-state index contributed by atoms with van der Waals surface area (Å²) in [6, 6.07) is 6.28. The molecule has 1 N–H and O–H groups in total. The summed E-state index contributed by atoms with van der Waals surface area (Å²) in [6.07, 6.45) is 2.36. The Morgan fingerprint density at radius 1 is 1.39 bits per heavy atom. The summed E-state index contributed by atoms with van der Waals surface area (Å²) in [6.45, 7) is 2.05. The number of rotatable bonds is 4. The van der Waals surface area contributed by atoms with Gasteiger partial charge in [0.25, 0.3) is 0 Å². The van der Waals surface area contributed by atoms with Gasteiger partial charge >= 0.3 is 0 Å². The smallest absolute Gasteiger partial charge is 0.138 e. The second kappa shape index (κ2) is 5.50. The molecule has 0 radical (unpaired) electrons. The van der Waals surface area contributed by atoms with Crippen molar-refractivity contribution in [2.75, 3.05) is 7.05 Å². The lowest BCUT2D eigenvalue weighted by Gasteiger charge is -2.17. The molecule has 0 fully saturated rings. The lowest BCUT2D eigenvalue weighted by molar-refractivity contribution is 0.553. The van der Waals surface area contributed by atoms with Crippen molar-refractivity contribution < 1.29 is 0 Å². The molecule has 0 spiro atoms. The molecule has 1 aromatic heterocycles. The normalized spacial score (nSPS) is 12.7. The number of halogens is 1. The third kappa shape index (κ3) is 2.89. The summed E-state index contributed by atoms with van der Waals surface area (Å²) in [7, 11) is 3.84. The highest BCUT2D eigenvalue weighted by molar-refractivity contribution is 6.30. The zero-order chi connectivity index (χ0) is 13.1. The van der Waals surface area contributed by atoms with Crippen molar-refractivity contribution in [1.82, 2.24) is 20.1 Å². The first-order chi connectivity index (χ1) is 8.60. The molecule has 4 nitrogen and oxygen atoms in total. The Labute approximate surface area is 112 Å². The summed E-state index contributed by atoms with van der Waals surface area (Å²) in [5.74, 6) is 0.951. The van der Waals surface area contributed by atoms with E-state index in [9.17, 15) is 0 Å². The minimum absolute atomic E-state index is 0.185. The van der Waals surface area contributed by atoms with Crippen LogP contribution < -0.4 is 5.32 Å². The lowest BCUT2D eigenvalue weighted by atomic mass is 10.0. The first kappa shape index (κ1) is 13.1. The summed E-state index contributed by atoms with van der Waals surface area (Å²) < 4.78 is 1.79. The van der Waals surface area contributed by atoms with Crippen LogP contribution in [0.2, 0.25) is 5.02 Å². The molecule has 0 saturated heterocycles. The Morgan fingerprint density at radius 3 is 2.72 bits per heavy atom. The van der Waals surface area contributed by atoms with Crippen LogP contribution in [-0.2, 0) is 13.5 Å². The number of benzene rings is 1. The summed E-state index contributed by atoms with van der Waals surface area (Å²) >= 11 is 6.10. The number of nitrogens with zero attached hydrogens (tertiary/aromatic N) is 3. The molecule has 0 aliphatic carbocycles. The average Bonchev–Trinajstić information content (AvgIpc) is 2.70. The molecule has 5 heteroatoms. The number of nitrogens with one attached hydrogen (secondary N) is 1. The van der Waals surface area contributed by atoms with Gasteiger partial charge in [0.1, 0.15) is 12.2 Å². The molecule has 96 valence electrons. The minimum Gasteiger partial charge on any atom is -0.313 e. The number of aryl methyl sites for hydroxylation is 2. The van der Waals surface area contributed by atoms with Crippen LogP contribution in [0.15, 0.2) is 24.5 Å². The van der Waals surface area contributed by atoms with Crippen molar-refractivity contribution in [2.24, 2.45) is 7.05 Å². The molecule has 2 rings (SSSR count). The molecular formula is C13H17ClN4. The van der Waals surface area contributed by atoms with Gasteiger partial charge in [-0.05, 0) is 37.2 Å². The largest absolute Gasteiger partial charge is 0.313 e. The molecule has 0 aliphatic rings. The van der Waals surface area contributed by atoms with Crippen molar-refractivity contribution in [1.29, 1.82) is 0 Å². The van der Waals surface area contributed by atoms with Crippen LogP contribution in [0.1, 0.15) is 23.0 Å². The van der Waals surface area contributed by atoms with Crippen LogP contribution in [0.4, 0.5) is 0 Å². The van der Waals surface area contributed by atoms with Crippen LogP contribution in [0, 0.1) is 6.92 Å². The lowest BCUT2D eigenvalue weighted by Crippen LogP contribution is -2.20. The van der Waals surface area contributed by atoms with Gasteiger partial charge in [-0.2, -0.15) is 5.10 Å². The van der Waals surface area contributed by atoms with Crippen LogP contribution in [0.3, 0.4) is 0 Å². The molecule has 1 aromatic carbocycles. The SMILES string of the molecule is CNC(Cc1ncnn1C)c1cc(C)cc(Cl)c1. The van der Waals surface area contributed by atoms with Crippen LogP contribution in [0.5, 0.6) is 0 Å². The van der Waals surface area contributed by atoms with Gasteiger partial charge in [-0.1, -0.05) is 17.7 Å². The van der Waals surface area contributed by atoms with Crippen LogP contribution in [-0.4, -0.2) is 21.8 Å². The predicted molar refractivity (Wildman–Crippen MR) is 72.7 cm³/mol. The number of aromatic nitrogens is 3. The fourth-order valence-electron chi connectivity index (χ4n) is 2.04. The quantitative estimate of drug-likeness (QED) is 0.921. The third-order valence-electron chi connectivity index (χ3n) is 3.01. The predicted octanol–water partition coefficient (Wildman–Crippen LogP) is 2.28. The van der Waals surface area contributed by atoms with E-state index < -0.39 is 0 Å². The molecule has 0 saturated carbocycles. The fourth-order valence-corrected chi connectivity index (χ4v) is 2.34. The number of hydrogen-bond acceptors (Lipinski definition) is 3. The number of hydrogen-bond donors (Lipinski definition) is 1. The number of likely N-dealkylation sites (N-methyl/N-ethyl adjacent to an activating group) is 1. The zero-order valence-electron chi connectivity index (χ0n) is 10.8. The third-order valence-corrected chi connectivity index (χ3v) is 3.23. The van der Waals surface area contributed by atoms with Crippen LogP contribution >= 0.6 is 11.6 Å². The van der Waals surface area contributed by atoms with E-state index in [0.717, 1.165) is 22.8 Å². The minimum atomic E-state index is 0.185. The Morgan fingerprint density at radius 2 is 2.17 bits per heavy atom. The molecule has 1 atom stereocenters. The van der Waals surface area contributed by atoms with E-state index in [1.807, 2.05) is 33.2 Å². The topological polar surface area (TPSA) is 42.7 Å². The van der Waals surface area contributed by atoms with E-state index >= 15 is 0 Å². The fraction of sp³-hybridized carbons (Fsp3) is 0.385. The van der Waals surface area contributed by atoms with E-state index in [0.29, 0.717) is 0 Å². The van der Waals surface area contributed by atoms with E-state index in [-0.39, 0.29) is 6.04 Å². The zero-order valence-corrected chi connectivity index (χ0v) is 11.6. The monoisotopic (exact) mass is 264 g/mol. The Balaban J connectivity index is 2.25. The van der Waals surface area contributed by atoms with E-state index in [2.05, 4.69) is 21.5 Å². The molecule has 0 bridgehead atoms. The second-order valence-electron chi connectivity index (χ2n) is 4.41. The maximum absolute atomic E-state index is 6.10. The summed E-state index contributed by atoms with van der Waals surface area (Å²) in [4.78, 5) is 4.25. The highest BCUT2D eigenvalue weighted by atomic mass is 35.5. The first-order valence-corrected chi connectivity index (χ1v) is 6.25. The van der Waals surface area contributed by atoms with Crippen molar-refractivity contribution in [3.63, 3.8) is 0 Å². The first-order valence-electron chi connectivity index (χ1n) is 5.87. The van der Waals surface area contributed by atoms with E-state index in [1.54, 1.807) is 11.0 Å². The van der Waals surface area contributed by atoms with Crippen LogP contribution in [0.25, 0.3) is 0 Å². The Bertz CT molecular complexity index is 515. The van der Waals surface area contributed by atoms with Gasteiger partial charge in [0.05, 0.1) is 0 Å². The van der Waals surface area contributed by atoms with Crippen molar-refractivity contribution in [3.05, 3.63) is 46.5 Å². The maximum Gasteiger partial charge on any atom is 0.138 e. The van der Waals surface area contributed by atoms with Gasteiger partial charge in [-0.3, -0.25) is 4.68 Å². The van der Waals surface area contributed by atoms with Crippen molar-refractivity contribution >= 4 is 11.6 Å². The average molecular weight is 265 g/mol. The summed E-state index contributed by atoms with van der Waals surface area (Å²) in [5, 5.41) is 8.15. The van der Waals surface area contributed by atoms with Gasteiger partial charge in [-0.15, -0.1) is 0 Å².